The monoisotopic (exact) mass is 347 g/mol. The number of aryl methyl sites for hydroxylation is 2. The van der Waals surface area contributed by atoms with Crippen LogP contribution < -0.4 is 0 Å². The van der Waals surface area contributed by atoms with Crippen LogP contribution in [0.4, 0.5) is 0 Å². The minimum absolute atomic E-state index is 0.724. The number of carbonyl (C=O) groups is 1. The van der Waals surface area contributed by atoms with Crippen LogP contribution in [0.3, 0.4) is 0 Å². The second-order valence-electron chi connectivity index (χ2n) is 4.90. The lowest BCUT2D eigenvalue weighted by atomic mass is 10.2. The molecule has 2 aromatic heterocycles. The number of carbonyl (C=O) groups excluding carboxylic acids is 1. The summed E-state index contributed by atoms with van der Waals surface area (Å²) in [6.07, 6.45) is 0.945. The highest BCUT2D eigenvalue weighted by molar-refractivity contribution is 9.10. The molecule has 0 aliphatic rings. The number of rotatable bonds is 3. The highest BCUT2D eigenvalue weighted by Gasteiger charge is 2.14. The van der Waals surface area contributed by atoms with Crippen molar-refractivity contribution in [2.45, 2.75) is 20.4 Å². The van der Waals surface area contributed by atoms with Gasteiger partial charge in [0.25, 0.3) is 0 Å². The lowest BCUT2D eigenvalue weighted by Crippen LogP contribution is -2.04. The van der Waals surface area contributed by atoms with Crippen molar-refractivity contribution in [3.05, 3.63) is 56.5 Å². The van der Waals surface area contributed by atoms with Crippen LogP contribution >= 0.6 is 27.3 Å². The fourth-order valence-corrected chi connectivity index (χ4v) is 3.84. The Balaban J connectivity index is 2.13. The molecule has 0 amide bonds. The molecule has 0 bridgehead atoms. The smallest absolute Gasteiger partial charge is 0.166 e. The van der Waals surface area contributed by atoms with Gasteiger partial charge in [-0.25, -0.2) is 0 Å². The molecular weight excluding hydrogens is 334 g/mol. The van der Waals surface area contributed by atoms with Gasteiger partial charge in [0.1, 0.15) is 0 Å². The van der Waals surface area contributed by atoms with Gasteiger partial charge in [-0.05, 0) is 43.2 Å². The molecule has 0 saturated carbocycles. The predicted octanol–water partition coefficient (Wildman–Crippen LogP) is 4.94. The summed E-state index contributed by atoms with van der Waals surface area (Å²) in [4.78, 5) is 12.6. The Kier molecular flexibility index (Phi) is 3.52. The van der Waals surface area contributed by atoms with Crippen molar-refractivity contribution in [2.75, 3.05) is 0 Å². The number of nitrogens with zero attached hydrogens (tertiary/aromatic N) is 1. The number of halogens is 1. The van der Waals surface area contributed by atoms with Gasteiger partial charge < -0.3 is 4.57 Å². The van der Waals surface area contributed by atoms with E-state index in [1.54, 1.807) is 11.3 Å². The molecule has 3 aromatic rings. The van der Waals surface area contributed by atoms with Crippen LogP contribution in [0, 0.1) is 13.8 Å². The molecule has 0 aliphatic heterocycles. The Morgan fingerprint density at radius 2 is 1.95 bits per heavy atom. The van der Waals surface area contributed by atoms with Crippen LogP contribution in [-0.2, 0) is 6.54 Å². The van der Waals surface area contributed by atoms with Crippen LogP contribution in [0.1, 0.15) is 26.5 Å². The van der Waals surface area contributed by atoms with Crippen LogP contribution in [-0.4, -0.2) is 10.9 Å². The lowest BCUT2D eigenvalue weighted by molar-refractivity contribution is 0.111. The maximum atomic E-state index is 11.3. The normalized spacial score (nSPS) is 11.2. The van der Waals surface area contributed by atoms with E-state index in [1.807, 2.05) is 18.2 Å². The first-order valence-electron chi connectivity index (χ1n) is 6.39. The van der Waals surface area contributed by atoms with E-state index in [2.05, 4.69) is 46.5 Å². The SMILES string of the molecule is Cc1sc2cc(C=O)n(Cc3ccc(Br)cc3)c2c1C. The molecule has 0 atom stereocenters. The first-order valence-corrected chi connectivity index (χ1v) is 8.00. The zero-order chi connectivity index (χ0) is 14.3. The maximum absolute atomic E-state index is 11.3. The van der Waals surface area contributed by atoms with Crippen molar-refractivity contribution < 1.29 is 4.79 Å². The zero-order valence-corrected chi connectivity index (χ0v) is 13.7. The number of fused-ring (bicyclic) bond motifs is 1. The fraction of sp³-hybridized carbons (Fsp3) is 0.188. The van der Waals surface area contributed by atoms with Crippen LogP contribution in [0.5, 0.6) is 0 Å². The van der Waals surface area contributed by atoms with Crippen molar-refractivity contribution in [1.82, 2.24) is 4.57 Å². The molecule has 1 aromatic carbocycles. The molecular formula is C16H14BrNOS. The molecule has 0 aliphatic carbocycles. The largest absolute Gasteiger partial charge is 0.333 e. The Labute approximate surface area is 130 Å². The second kappa shape index (κ2) is 5.19. The summed E-state index contributed by atoms with van der Waals surface area (Å²) in [5, 5.41) is 0. The van der Waals surface area contributed by atoms with E-state index >= 15 is 0 Å². The average Bonchev–Trinajstić information content (AvgIpc) is 2.91. The molecule has 0 spiro atoms. The van der Waals surface area contributed by atoms with Crippen LogP contribution in [0.15, 0.2) is 34.8 Å². The molecule has 0 unspecified atom stereocenters. The topological polar surface area (TPSA) is 22.0 Å². The highest BCUT2D eigenvalue weighted by Crippen LogP contribution is 2.33. The standard InChI is InChI=1S/C16H14BrNOS/c1-10-11(2)20-15-7-14(9-19)18(16(10)15)8-12-3-5-13(17)6-4-12/h3-7,9H,8H2,1-2H3. The van der Waals surface area contributed by atoms with Crippen LogP contribution in [0.25, 0.3) is 10.2 Å². The minimum atomic E-state index is 0.724. The van der Waals surface area contributed by atoms with Crippen LogP contribution in [0.2, 0.25) is 0 Å². The summed E-state index contributed by atoms with van der Waals surface area (Å²) < 4.78 is 4.38. The lowest BCUT2D eigenvalue weighted by Gasteiger charge is -2.08. The molecule has 0 radical (unpaired) electrons. The Morgan fingerprint density at radius 1 is 1.25 bits per heavy atom. The van der Waals surface area contributed by atoms with Gasteiger partial charge in [-0.3, -0.25) is 4.79 Å². The summed E-state index contributed by atoms with van der Waals surface area (Å²) in [7, 11) is 0. The molecule has 2 nitrogen and oxygen atoms in total. The van der Waals surface area contributed by atoms with Crippen molar-refractivity contribution in [1.29, 1.82) is 0 Å². The molecule has 4 heteroatoms. The highest BCUT2D eigenvalue weighted by atomic mass is 79.9. The van der Waals surface area contributed by atoms with Gasteiger partial charge in [-0.1, -0.05) is 28.1 Å². The quantitative estimate of drug-likeness (QED) is 0.615. The summed E-state index contributed by atoms with van der Waals surface area (Å²) in [6.45, 7) is 4.98. The van der Waals surface area contributed by atoms with Gasteiger partial charge >= 0.3 is 0 Å². The van der Waals surface area contributed by atoms with E-state index in [-0.39, 0.29) is 0 Å². The van der Waals surface area contributed by atoms with Gasteiger partial charge in [0.05, 0.1) is 15.9 Å². The molecule has 0 saturated heterocycles. The van der Waals surface area contributed by atoms with E-state index < -0.39 is 0 Å². The average molecular weight is 348 g/mol. The van der Waals surface area contributed by atoms with Gasteiger partial charge in [0, 0.05) is 15.9 Å². The number of aromatic nitrogens is 1. The van der Waals surface area contributed by atoms with E-state index in [4.69, 9.17) is 0 Å². The number of thiophene rings is 1. The van der Waals surface area contributed by atoms with Crippen molar-refractivity contribution in [3.8, 4) is 0 Å². The molecule has 0 N–H and O–H groups in total. The molecule has 20 heavy (non-hydrogen) atoms. The molecule has 0 fully saturated rings. The maximum Gasteiger partial charge on any atom is 0.166 e. The van der Waals surface area contributed by atoms with E-state index in [0.29, 0.717) is 0 Å². The van der Waals surface area contributed by atoms with Gasteiger partial charge in [-0.15, -0.1) is 11.3 Å². The zero-order valence-electron chi connectivity index (χ0n) is 11.3. The van der Waals surface area contributed by atoms with E-state index in [1.165, 1.54) is 26.2 Å². The minimum Gasteiger partial charge on any atom is -0.333 e. The first kappa shape index (κ1) is 13.6. The van der Waals surface area contributed by atoms with Gasteiger partial charge in [0.15, 0.2) is 6.29 Å². The molecule has 102 valence electrons. The second-order valence-corrected chi connectivity index (χ2v) is 7.07. The summed E-state index contributed by atoms with van der Waals surface area (Å²) in [5.41, 5.74) is 4.40. The van der Waals surface area contributed by atoms with E-state index in [9.17, 15) is 4.79 Å². The molecule has 3 rings (SSSR count). The van der Waals surface area contributed by atoms with Gasteiger partial charge in [-0.2, -0.15) is 0 Å². The van der Waals surface area contributed by atoms with E-state index in [0.717, 1.165) is 23.0 Å². The Morgan fingerprint density at radius 3 is 2.60 bits per heavy atom. The summed E-state index contributed by atoms with van der Waals surface area (Å²) in [5.74, 6) is 0. The number of hydrogen-bond donors (Lipinski definition) is 0. The number of aldehydes is 1. The predicted molar refractivity (Wildman–Crippen MR) is 87.9 cm³/mol. The Hall–Kier alpha value is -1.39. The number of hydrogen-bond acceptors (Lipinski definition) is 2. The van der Waals surface area contributed by atoms with Gasteiger partial charge in [0.2, 0.25) is 0 Å². The Bertz CT molecular complexity index is 783. The van der Waals surface area contributed by atoms with Crippen molar-refractivity contribution in [3.63, 3.8) is 0 Å². The van der Waals surface area contributed by atoms with Crippen molar-refractivity contribution in [2.24, 2.45) is 0 Å². The summed E-state index contributed by atoms with van der Waals surface area (Å²) >= 11 is 5.20. The first-order chi connectivity index (χ1) is 9.60. The molecule has 2 heterocycles. The third kappa shape index (κ3) is 2.23. The van der Waals surface area contributed by atoms with Crippen molar-refractivity contribution >= 4 is 43.8 Å². The fourth-order valence-electron chi connectivity index (χ4n) is 2.46. The summed E-state index contributed by atoms with van der Waals surface area (Å²) in [6, 6.07) is 10.2. The number of benzene rings is 1. The third-order valence-electron chi connectivity index (χ3n) is 3.62. The third-order valence-corrected chi connectivity index (χ3v) is 5.29.